The van der Waals surface area contributed by atoms with Gasteiger partial charge in [0.1, 0.15) is 17.0 Å². The number of aromatic amines is 1. The number of rotatable bonds is 2. The van der Waals surface area contributed by atoms with Crippen LogP contribution in [-0.4, -0.2) is 15.0 Å². The quantitative estimate of drug-likeness (QED) is 0.754. The molecule has 0 atom stereocenters. The summed E-state index contributed by atoms with van der Waals surface area (Å²) >= 11 is 3.43. The fraction of sp³-hybridized carbons (Fsp3) is 0.286. The lowest BCUT2D eigenvalue weighted by atomic mass is 9.77. The molecule has 0 bridgehead atoms. The SMILES string of the molecule is NC1(c2ncc(-c3nc4cc(Br)ccc4o3)[nH]2)CCC1. The number of hydrogen-bond acceptors (Lipinski definition) is 4. The molecular weight excluding hydrogens is 320 g/mol. The second-order valence-corrected chi connectivity index (χ2v) is 6.20. The topological polar surface area (TPSA) is 80.7 Å². The molecular formula is C14H13BrN4O. The average Bonchev–Trinajstić information content (AvgIpc) is 3.01. The molecule has 0 unspecified atom stereocenters. The molecule has 102 valence electrons. The Morgan fingerprint density at radius 1 is 1.35 bits per heavy atom. The van der Waals surface area contributed by atoms with E-state index in [1.54, 1.807) is 6.20 Å². The number of oxazole rings is 1. The van der Waals surface area contributed by atoms with Gasteiger partial charge in [-0.05, 0) is 37.5 Å². The van der Waals surface area contributed by atoms with E-state index in [2.05, 4.69) is 30.9 Å². The van der Waals surface area contributed by atoms with Crippen molar-refractivity contribution in [2.75, 3.05) is 0 Å². The van der Waals surface area contributed by atoms with Crippen LogP contribution < -0.4 is 5.73 Å². The van der Waals surface area contributed by atoms with Crippen LogP contribution in [0.5, 0.6) is 0 Å². The van der Waals surface area contributed by atoms with Gasteiger partial charge in [0.2, 0.25) is 5.89 Å². The monoisotopic (exact) mass is 332 g/mol. The normalized spacial score (nSPS) is 17.3. The van der Waals surface area contributed by atoms with E-state index < -0.39 is 0 Å². The number of nitrogens with zero attached hydrogens (tertiary/aromatic N) is 2. The highest BCUT2D eigenvalue weighted by Gasteiger charge is 2.37. The number of hydrogen-bond donors (Lipinski definition) is 2. The Kier molecular flexibility index (Phi) is 2.52. The summed E-state index contributed by atoms with van der Waals surface area (Å²) in [4.78, 5) is 12.1. The summed E-state index contributed by atoms with van der Waals surface area (Å²) in [5.74, 6) is 1.36. The standard InChI is InChI=1S/C14H13BrN4O/c15-8-2-3-11-9(6-8)18-12(20-11)10-7-17-13(19-10)14(16)4-1-5-14/h2-3,6-7H,1,4-5,16H2,(H,17,19). The zero-order valence-corrected chi connectivity index (χ0v) is 12.3. The van der Waals surface area contributed by atoms with Gasteiger partial charge in [-0.3, -0.25) is 0 Å². The number of benzene rings is 1. The van der Waals surface area contributed by atoms with E-state index in [9.17, 15) is 0 Å². The summed E-state index contributed by atoms with van der Waals surface area (Å²) in [6, 6.07) is 5.75. The summed E-state index contributed by atoms with van der Waals surface area (Å²) in [7, 11) is 0. The molecule has 3 aromatic rings. The fourth-order valence-corrected chi connectivity index (χ4v) is 2.84. The lowest BCUT2D eigenvalue weighted by molar-refractivity contribution is 0.240. The van der Waals surface area contributed by atoms with Crippen molar-refractivity contribution < 1.29 is 4.42 Å². The first-order valence-electron chi connectivity index (χ1n) is 6.55. The first-order valence-corrected chi connectivity index (χ1v) is 7.34. The summed E-state index contributed by atoms with van der Waals surface area (Å²) in [5, 5.41) is 0. The summed E-state index contributed by atoms with van der Waals surface area (Å²) in [6.45, 7) is 0. The summed E-state index contributed by atoms with van der Waals surface area (Å²) in [5.41, 5.74) is 8.30. The first kappa shape index (κ1) is 12.1. The minimum Gasteiger partial charge on any atom is -0.435 e. The van der Waals surface area contributed by atoms with Crippen LogP contribution in [0.3, 0.4) is 0 Å². The van der Waals surface area contributed by atoms with Gasteiger partial charge in [-0.15, -0.1) is 0 Å². The number of nitrogens with two attached hydrogens (primary N) is 1. The van der Waals surface area contributed by atoms with Crippen molar-refractivity contribution in [1.29, 1.82) is 0 Å². The number of nitrogens with one attached hydrogen (secondary N) is 1. The highest BCUT2D eigenvalue weighted by Crippen LogP contribution is 2.37. The fourth-order valence-electron chi connectivity index (χ4n) is 2.49. The van der Waals surface area contributed by atoms with Gasteiger partial charge in [-0.1, -0.05) is 15.9 Å². The molecule has 1 aliphatic rings. The molecule has 6 heteroatoms. The van der Waals surface area contributed by atoms with E-state index in [0.717, 1.165) is 46.4 Å². The molecule has 0 aliphatic heterocycles. The Morgan fingerprint density at radius 2 is 2.20 bits per heavy atom. The molecule has 0 spiro atoms. The molecule has 2 aromatic heterocycles. The number of halogens is 1. The zero-order valence-electron chi connectivity index (χ0n) is 10.7. The molecule has 0 saturated heterocycles. The molecule has 0 amide bonds. The second kappa shape index (κ2) is 4.17. The molecule has 20 heavy (non-hydrogen) atoms. The Labute approximate surface area is 123 Å². The molecule has 1 aromatic carbocycles. The molecule has 2 heterocycles. The van der Waals surface area contributed by atoms with Gasteiger partial charge >= 0.3 is 0 Å². The van der Waals surface area contributed by atoms with E-state index in [1.807, 2.05) is 18.2 Å². The van der Waals surface area contributed by atoms with Crippen molar-refractivity contribution in [3.63, 3.8) is 0 Å². The third-order valence-corrected chi connectivity index (χ3v) is 4.37. The van der Waals surface area contributed by atoms with Crippen LogP contribution in [0.2, 0.25) is 0 Å². The third-order valence-electron chi connectivity index (χ3n) is 3.87. The second-order valence-electron chi connectivity index (χ2n) is 5.29. The average molecular weight is 333 g/mol. The predicted octanol–water partition coefficient (Wildman–Crippen LogP) is 3.32. The Bertz CT molecular complexity index is 787. The van der Waals surface area contributed by atoms with E-state index in [0.29, 0.717) is 5.89 Å². The van der Waals surface area contributed by atoms with E-state index in [-0.39, 0.29) is 5.54 Å². The highest BCUT2D eigenvalue weighted by atomic mass is 79.9. The summed E-state index contributed by atoms with van der Waals surface area (Å²) < 4.78 is 6.72. The maximum atomic E-state index is 6.26. The number of aromatic nitrogens is 3. The van der Waals surface area contributed by atoms with E-state index >= 15 is 0 Å². The third kappa shape index (κ3) is 1.79. The van der Waals surface area contributed by atoms with Crippen molar-refractivity contribution in [2.24, 2.45) is 5.73 Å². The molecule has 5 nitrogen and oxygen atoms in total. The molecule has 1 saturated carbocycles. The largest absolute Gasteiger partial charge is 0.435 e. The van der Waals surface area contributed by atoms with Crippen molar-refractivity contribution in [2.45, 2.75) is 24.8 Å². The maximum Gasteiger partial charge on any atom is 0.245 e. The predicted molar refractivity (Wildman–Crippen MR) is 79.0 cm³/mol. The minimum absolute atomic E-state index is 0.298. The van der Waals surface area contributed by atoms with Crippen molar-refractivity contribution >= 4 is 27.0 Å². The van der Waals surface area contributed by atoms with Gasteiger partial charge in [0.15, 0.2) is 5.58 Å². The molecule has 1 fully saturated rings. The van der Waals surface area contributed by atoms with Crippen molar-refractivity contribution in [3.05, 3.63) is 34.7 Å². The lowest BCUT2D eigenvalue weighted by Crippen LogP contribution is -2.44. The van der Waals surface area contributed by atoms with Gasteiger partial charge < -0.3 is 15.1 Å². The van der Waals surface area contributed by atoms with Crippen molar-refractivity contribution in [1.82, 2.24) is 15.0 Å². The maximum absolute atomic E-state index is 6.26. The Balaban J connectivity index is 1.75. The molecule has 0 radical (unpaired) electrons. The first-order chi connectivity index (χ1) is 9.64. The minimum atomic E-state index is -0.298. The Hall–Kier alpha value is -1.66. The van der Waals surface area contributed by atoms with Crippen LogP contribution in [0.4, 0.5) is 0 Å². The van der Waals surface area contributed by atoms with Gasteiger partial charge in [0.25, 0.3) is 0 Å². The molecule has 1 aliphatic carbocycles. The van der Waals surface area contributed by atoms with Crippen LogP contribution in [0.25, 0.3) is 22.7 Å². The Morgan fingerprint density at radius 3 is 2.95 bits per heavy atom. The van der Waals surface area contributed by atoms with Crippen LogP contribution in [0.15, 0.2) is 33.3 Å². The van der Waals surface area contributed by atoms with Gasteiger partial charge in [0, 0.05) is 4.47 Å². The van der Waals surface area contributed by atoms with E-state index in [1.165, 1.54) is 0 Å². The van der Waals surface area contributed by atoms with Crippen LogP contribution >= 0.6 is 15.9 Å². The smallest absolute Gasteiger partial charge is 0.245 e. The van der Waals surface area contributed by atoms with Crippen LogP contribution in [0.1, 0.15) is 25.1 Å². The summed E-state index contributed by atoms with van der Waals surface area (Å²) in [6.07, 6.45) is 4.84. The lowest BCUT2D eigenvalue weighted by Gasteiger charge is -2.35. The van der Waals surface area contributed by atoms with Crippen molar-refractivity contribution in [3.8, 4) is 11.6 Å². The van der Waals surface area contributed by atoms with E-state index in [4.69, 9.17) is 10.2 Å². The zero-order chi connectivity index (χ0) is 13.7. The van der Waals surface area contributed by atoms with Crippen LogP contribution in [-0.2, 0) is 5.54 Å². The number of imidazole rings is 1. The van der Waals surface area contributed by atoms with Crippen LogP contribution in [0, 0.1) is 0 Å². The van der Waals surface area contributed by atoms with Gasteiger partial charge in [-0.2, -0.15) is 0 Å². The molecule has 4 rings (SSSR count). The van der Waals surface area contributed by atoms with Gasteiger partial charge in [-0.25, -0.2) is 9.97 Å². The number of H-pyrrole nitrogens is 1. The van der Waals surface area contributed by atoms with Gasteiger partial charge in [0.05, 0.1) is 11.7 Å². The molecule has 3 N–H and O–H groups in total. The highest BCUT2D eigenvalue weighted by molar-refractivity contribution is 9.10. The number of fused-ring (bicyclic) bond motifs is 1.